The molecule has 0 unspecified atom stereocenters. The van der Waals surface area contributed by atoms with E-state index in [0.717, 1.165) is 12.8 Å². The van der Waals surface area contributed by atoms with Crippen molar-refractivity contribution >= 4 is 17.9 Å². The number of aliphatic hydroxyl groups excluding tert-OH is 1. The summed E-state index contributed by atoms with van der Waals surface area (Å²) < 4.78 is 0. The van der Waals surface area contributed by atoms with E-state index in [-0.39, 0.29) is 24.9 Å². The number of amides is 3. The number of rotatable bonds is 7. The lowest BCUT2D eigenvalue weighted by molar-refractivity contribution is -0.141. The van der Waals surface area contributed by atoms with Gasteiger partial charge in [0.15, 0.2) is 6.04 Å². The van der Waals surface area contributed by atoms with Crippen LogP contribution in [0.4, 0.5) is 4.79 Å². The van der Waals surface area contributed by atoms with Crippen LogP contribution in [0.3, 0.4) is 0 Å². The molecule has 0 aromatic rings. The second-order valence-electron chi connectivity index (χ2n) is 4.52. The van der Waals surface area contributed by atoms with Crippen molar-refractivity contribution in [1.29, 1.82) is 0 Å². The molecule has 3 amide bonds. The predicted molar refractivity (Wildman–Crippen MR) is 65.4 cm³/mol. The molecule has 0 bridgehead atoms. The minimum Gasteiger partial charge on any atom is -0.480 e. The predicted octanol–water partition coefficient (Wildman–Crippen LogP) is -1.35. The van der Waals surface area contributed by atoms with Gasteiger partial charge in [0.25, 0.3) is 0 Å². The molecule has 0 saturated heterocycles. The molecule has 0 radical (unpaired) electrons. The number of aliphatic carboxylic acids is 1. The molecule has 5 N–H and O–H groups in total. The highest BCUT2D eigenvalue weighted by Gasteiger charge is 2.29. The molecule has 1 saturated carbocycles. The summed E-state index contributed by atoms with van der Waals surface area (Å²) in [5.41, 5.74) is 0. The fourth-order valence-corrected chi connectivity index (χ4v) is 1.43. The van der Waals surface area contributed by atoms with Gasteiger partial charge in [-0.05, 0) is 19.8 Å². The Kier molecular flexibility index (Phi) is 5.56. The van der Waals surface area contributed by atoms with E-state index in [4.69, 9.17) is 10.2 Å². The lowest BCUT2D eigenvalue weighted by Crippen LogP contribution is -2.52. The highest BCUT2D eigenvalue weighted by molar-refractivity contribution is 5.83. The third-order valence-electron chi connectivity index (χ3n) is 2.69. The van der Waals surface area contributed by atoms with Crippen LogP contribution in [0, 0.1) is 5.92 Å². The number of carbonyl (C=O) groups is 3. The van der Waals surface area contributed by atoms with E-state index in [1.807, 2.05) is 0 Å². The van der Waals surface area contributed by atoms with Gasteiger partial charge in [0.05, 0.1) is 6.10 Å². The highest BCUT2D eigenvalue weighted by atomic mass is 16.4. The maximum atomic E-state index is 11.3. The average molecular weight is 273 g/mol. The molecular formula is C11H19N3O5. The molecule has 108 valence electrons. The molecule has 2 atom stereocenters. The zero-order chi connectivity index (χ0) is 14.4. The Bertz CT molecular complexity index is 354. The summed E-state index contributed by atoms with van der Waals surface area (Å²) in [7, 11) is 0. The van der Waals surface area contributed by atoms with Crippen LogP contribution in [0.2, 0.25) is 0 Å². The molecule has 8 nitrogen and oxygen atoms in total. The second-order valence-corrected chi connectivity index (χ2v) is 4.52. The van der Waals surface area contributed by atoms with Crippen LogP contribution in [0.5, 0.6) is 0 Å². The topological polar surface area (TPSA) is 128 Å². The fourth-order valence-electron chi connectivity index (χ4n) is 1.43. The molecule has 1 aliphatic carbocycles. The van der Waals surface area contributed by atoms with Gasteiger partial charge in [-0.3, -0.25) is 4.79 Å². The Morgan fingerprint density at radius 1 is 1.21 bits per heavy atom. The summed E-state index contributed by atoms with van der Waals surface area (Å²) in [6.07, 6.45) is 0.626. The van der Waals surface area contributed by atoms with Gasteiger partial charge >= 0.3 is 12.0 Å². The van der Waals surface area contributed by atoms with E-state index in [1.165, 1.54) is 6.92 Å². The van der Waals surface area contributed by atoms with Gasteiger partial charge in [-0.2, -0.15) is 0 Å². The summed E-state index contributed by atoms with van der Waals surface area (Å²) in [5.74, 6) is -1.22. The highest BCUT2D eigenvalue weighted by Crippen LogP contribution is 2.28. The molecule has 1 rings (SSSR count). The smallest absolute Gasteiger partial charge is 0.328 e. The van der Waals surface area contributed by atoms with Crippen LogP contribution in [0.25, 0.3) is 0 Å². The van der Waals surface area contributed by atoms with Gasteiger partial charge < -0.3 is 26.2 Å². The van der Waals surface area contributed by atoms with Crippen LogP contribution in [0.15, 0.2) is 0 Å². The maximum Gasteiger partial charge on any atom is 0.328 e. The van der Waals surface area contributed by atoms with Crippen molar-refractivity contribution in [2.45, 2.75) is 31.9 Å². The number of carboxylic acids is 1. The van der Waals surface area contributed by atoms with E-state index in [2.05, 4.69) is 16.0 Å². The number of nitrogens with one attached hydrogen (secondary N) is 3. The first-order chi connectivity index (χ1) is 8.91. The Morgan fingerprint density at radius 2 is 1.79 bits per heavy atom. The molecule has 0 heterocycles. The van der Waals surface area contributed by atoms with Gasteiger partial charge in [0.1, 0.15) is 0 Å². The van der Waals surface area contributed by atoms with Crippen molar-refractivity contribution in [3.8, 4) is 0 Å². The molecular weight excluding hydrogens is 254 g/mol. The molecule has 0 aromatic carbocycles. The summed E-state index contributed by atoms with van der Waals surface area (Å²) >= 11 is 0. The minimum absolute atomic E-state index is 0.0189. The van der Waals surface area contributed by atoms with Gasteiger partial charge in [-0.1, -0.05) is 0 Å². The average Bonchev–Trinajstić information content (AvgIpc) is 3.14. The van der Waals surface area contributed by atoms with Gasteiger partial charge in [-0.25, -0.2) is 9.59 Å². The number of aliphatic hydroxyl groups is 1. The largest absolute Gasteiger partial charge is 0.480 e. The minimum atomic E-state index is -1.36. The van der Waals surface area contributed by atoms with Crippen molar-refractivity contribution in [2.24, 2.45) is 5.92 Å². The SMILES string of the molecule is C[C@@H](O)[C@H](NC(=O)NCCNC(=O)C1CC1)C(=O)O. The third-order valence-corrected chi connectivity index (χ3v) is 2.69. The van der Waals surface area contributed by atoms with Crippen molar-refractivity contribution in [1.82, 2.24) is 16.0 Å². The number of urea groups is 1. The molecule has 0 aromatic heterocycles. The normalized spacial score (nSPS) is 17.2. The Labute approximate surface area is 110 Å². The van der Waals surface area contributed by atoms with Crippen molar-refractivity contribution < 1.29 is 24.6 Å². The summed E-state index contributed by atoms with van der Waals surface area (Å²) in [6, 6.07) is -2.06. The van der Waals surface area contributed by atoms with E-state index in [1.54, 1.807) is 0 Å². The summed E-state index contributed by atoms with van der Waals surface area (Å²) in [5, 5.41) is 25.1. The van der Waals surface area contributed by atoms with Crippen molar-refractivity contribution in [3.63, 3.8) is 0 Å². The quantitative estimate of drug-likeness (QED) is 0.366. The van der Waals surface area contributed by atoms with Gasteiger partial charge in [0.2, 0.25) is 5.91 Å². The molecule has 1 fully saturated rings. The first kappa shape index (κ1) is 15.2. The van der Waals surface area contributed by atoms with E-state index < -0.39 is 24.1 Å². The van der Waals surface area contributed by atoms with Crippen LogP contribution in [-0.2, 0) is 9.59 Å². The summed E-state index contributed by atoms with van der Waals surface area (Å²) in [6.45, 7) is 1.75. The number of hydrogen-bond donors (Lipinski definition) is 5. The van der Waals surface area contributed by atoms with Crippen molar-refractivity contribution in [2.75, 3.05) is 13.1 Å². The monoisotopic (exact) mass is 273 g/mol. The van der Waals surface area contributed by atoms with E-state index in [0.29, 0.717) is 0 Å². The standard InChI is InChI=1S/C11H19N3O5/c1-6(15)8(10(17)18)14-11(19)13-5-4-12-9(16)7-2-3-7/h6-8,15H,2-5H2,1H3,(H,12,16)(H,17,18)(H2,13,14,19)/t6-,8+/m1/s1. The van der Waals surface area contributed by atoms with Crippen LogP contribution < -0.4 is 16.0 Å². The fraction of sp³-hybridized carbons (Fsp3) is 0.727. The molecule has 0 aliphatic heterocycles. The van der Waals surface area contributed by atoms with E-state index >= 15 is 0 Å². The number of hydrogen-bond acceptors (Lipinski definition) is 4. The van der Waals surface area contributed by atoms with Gasteiger partial charge in [0, 0.05) is 19.0 Å². The Balaban J connectivity index is 2.15. The lowest BCUT2D eigenvalue weighted by atomic mass is 10.2. The number of carboxylic acid groups (broad SMARTS) is 1. The Morgan fingerprint density at radius 3 is 2.26 bits per heavy atom. The van der Waals surface area contributed by atoms with E-state index in [9.17, 15) is 14.4 Å². The third kappa shape index (κ3) is 5.56. The maximum absolute atomic E-state index is 11.3. The van der Waals surface area contributed by atoms with Crippen LogP contribution >= 0.6 is 0 Å². The first-order valence-corrected chi connectivity index (χ1v) is 6.14. The van der Waals surface area contributed by atoms with Crippen LogP contribution in [-0.4, -0.2) is 53.4 Å². The lowest BCUT2D eigenvalue weighted by Gasteiger charge is -2.17. The number of carbonyl (C=O) groups excluding carboxylic acids is 2. The van der Waals surface area contributed by atoms with Crippen LogP contribution in [0.1, 0.15) is 19.8 Å². The van der Waals surface area contributed by atoms with Gasteiger partial charge in [-0.15, -0.1) is 0 Å². The zero-order valence-corrected chi connectivity index (χ0v) is 10.7. The zero-order valence-electron chi connectivity index (χ0n) is 10.7. The molecule has 0 spiro atoms. The molecule has 19 heavy (non-hydrogen) atoms. The molecule has 8 heteroatoms. The second kappa shape index (κ2) is 6.93. The first-order valence-electron chi connectivity index (χ1n) is 6.14. The summed E-state index contributed by atoms with van der Waals surface area (Å²) in [4.78, 5) is 33.3. The Hall–Kier alpha value is -1.83. The van der Waals surface area contributed by atoms with Crippen molar-refractivity contribution in [3.05, 3.63) is 0 Å². The molecule has 1 aliphatic rings.